The Morgan fingerprint density at radius 3 is 2.67 bits per heavy atom. The van der Waals surface area contributed by atoms with Crippen LogP contribution in [0.15, 0.2) is 0 Å². The van der Waals surface area contributed by atoms with Crippen LogP contribution in [0.3, 0.4) is 0 Å². The van der Waals surface area contributed by atoms with Crippen molar-refractivity contribution in [3.05, 3.63) is 0 Å². The second kappa shape index (κ2) is 6.02. The van der Waals surface area contributed by atoms with Crippen molar-refractivity contribution in [1.29, 1.82) is 0 Å². The first-order chi connectivity index (χ1) is 8.59. The minimum Gasteiger partial charge on any atom is -0.374 e. The van der Waals surface area contributed by atoms with Gasteiger partial charge in [-0.25, -0.2) is 0 Å². The van der Waals surface area contributed by atoms with Crippen LogP contribution in [0, 0.1) is 11.8 Å². The SMILES string of the molecule is CC1OC(C)C(C(=O)NCC[C@H]2CCCN2)C1C. The molecule has 2 heterocycles. The first-order valence-corrected chi connectivity index (χ1v) is 7.26. The van der Waals surface area contributed by atoms with Gasteiger partial charge in [-0.05, 0) is 45.6 Å². The molecular formula is C14H26N2O2. The number of hydrogen-bond donors (Lipinski definition) is 2. The van der Waals surface area contributed by atoms with Gasteiger partial charge in [-0.15, -0.1) is 0 Å². The van der Waals surface area contributed by atoms with Gasteiger partial charge in [-0.3, -0.25) is 4.79 Å². The van der Waals surface area contributed by atoms with Gasteiger partial charge in [-0.2, -0.15) is 0 Å². The number of hydrogen-bond acceptors (Lipinski definition) is 3. The van der Waals surface area contributed by atoms with Gasteiger partial charge < -0.3 is 15.4 Å². The summed E-state index contributed by atoms with van der Waals surface area (Å²) in [7, 11) is 0. The van der Waals surface area contributed by atoms with Crippen molar-refractivity contribution >= 4 is 5.91 Å². The van der Waals surface area contributed by atoms with Crippen LogP contribution in [0.1, 0.15) is 40.0 Å². The Morgan fingerprint density at radius 1 is 1.33 bits per heavy atom. The lowest BCUT2D eigenvalue weighted by Gasteiger charge is -2.18. The van der Waals surface area contributed by atoms with Gasteiger partial charge in [0, 0.05) is 12.6 Å². The summed E-state index contributed by atoms with van der Waals surface area (Å²) in [6, 6.07) is 0.596. The molecule has 104 valence electrons. The number of rotatable bonds is 4. The molecule has 2 rings (SSSR count). The quantitative estimate of drug-likeness (QED) is 0.795. The van der Waals surface area contributed by atoms with E-state index in [4.69, 9.17) is 4.74 Å². The van der Waals surface area contributed by atoms with E-state index >= 15 is 0 Å². The monoisotopic (exact) mass is 254 g/mol. The van der Waals surface area contributed by atoms with E-state index in [-0.39, 0.29) is 24.0 Å². The minimum atomic E-state index is 0.0107. The summed E-state index contributed by atoms with van der Waals surface area (Å²) >= 11 is 0. The summed E-state index contributed by atoms with van der Waals surface area (Å²) in [4.78, 5) is 12.2. The van der Waals surface area contributed by atoms with Gasteiger partial charge in [0.05, 0.1) is 18.1 Å². The molecule has 4 unspecified atom stereocenters. The van der Waals surface area contributed by atoms with Gasteiger partial charge >= 0.3 is 0 Å². The maximum absolute atomic E-state index is 12.2. The van der Waals surface area contributed by atoms with Crippen molar-refractivity contribution < 1.29 is 9.53 Å². The molecule has 2 aliphatic rings. The van der Waals surface area contributed by atoms with Crippen molar-refractivity contribution in [2.75, 3.05) is 13.1 Å². The zero-order chi connectivity index (χ0) is 13.1. The number of ether oxygens (including phenoxy) is 1. The highest BCUT2D eigenvalue weighted by Crippen LogP contribution is 2.32. The zero-order valence-electron chi connectivity index (χ0n) is 11.7. The number of carbonyl (C=O) groups excluding carboxylic acids is 1. The highest BCUT2D eigenvalue weighted by Gasteiger charge is 2.41. The summed E-state index contributed by atoms with van der Waals surface area (Å²) in [6.07, 6.45) is 3.77. The van der Waals surface area contributed by atoms with Crippen LogP contribution in [0.4, 0.5) is 0 Å². The van der Waals surface area contributed by atoms with E-state index < -0.39 is 0 Å². The number of carbonyl (C=O) groups is 1. The molecule has 2 aliphatic heterocycles. The predicted molar refractivity (Wildman–Crippen MR) is 71.3 cm³/mol. The molecule has 0 aromatic heterocycles. The molecule has 2 fully saturated rings. The van der Waals surface area contributed by atoms with Crippen LogP contribution in [0.25, 0.3) is 0 Å². The first-order valence-electron chi connectivity index (χ1n) is 7.26. The summed E-state index contributed by atoms with van der Waals surface area (Å²) in [5.74, 6) is 0.485. The Bertz CT molecular complexity index is 290. The minimum absolute atomic E-state index is 0.0107. The van der Waals surface area contributed by atoms with Crippen molar-refractivity contribution in [3.8, 4) is 0 Å². The Balaban J connectivity index is 1.73. The molecule has 1 amide bonds. The Morgan fingerprint density at radius 2 is 2.11 bits per heavy atom. The average Bonchev–Trinajstić information content (AvgIpc) is 2.89. The maximum Gasteiger partial charge on any atom is 0.226 e. The number of nitrogens with one attached hydrogen (secondary N) is 2. The fraction of sp³-hybridized carbons (Fsp3) is 0.929. The highest BCUT2D eigenvalue weighted by molar-refractivity contribution is 5.79. The fourth-order valence-electron chi connectivity index (χ4n) is 3.21. The molecule has 2 saturated heterocycles. The lowest BCUT2D eigenvalue weighted by atomic mass is 9.89. The Kier molecular flexibility index (Phi) is 4.62. The molecule has 0 aliphatic carbocycles. The van der Waals surface area contributed by atoms with E-state index in [0.29, 0.717) is 12.0 Å². The summed E-state index contributed by atoms with van der Waals surface area (Å²) in [5.41, 5.74) is 0. The molecule has 5 atom stereocenters. The van der Waals surface area contributed by atoms with Gasteiger partial charge in [0.15, 0.2) is 0 Å². The molecule has 4 nitrogen and oxygen atoms in total. The molecule has 2 N–H and O–H groups in total. The Hall–Kier alpha value is -0.610. The molecule has 0 aromatic carbocycles. The highest BCUT2D eigenvalue weighted by atomic mass is 16.5. The number of amides is 1. The summed E-state index contributed by atoms with van der Waals surface area (Å²) in [5, 5.41) is 6.52. The molecule has 0 radical (unpaired) electrons. The predicted octanol–water partition coefficient (Wildman–Crippen LogP) is 1.30. The van der Waals surface area contributed by atoms with Crippen LogP contribution < -0.4 is 10.6 Å². The topological polar surface area (TPSA) is 50.4 Å². The average molecular weight is 254 g/mol. The zero-order valence-corrected chi connectivity index (χ0v) is 11.7. The third-order valence-electron chi connectivity index (χ3n) is 4.50. The van der Waals surface area contributed by atoms with Crippen molar-refractivity contribution in [2.45, 2.75) is 58.3 Å². The third kappa shape index (κ3) is 3.04. The van der Waals surface area contributed by atoms with E-state index in [1.807, 2.05) is 6.92 Å². The van der Waals surface area contributed by atoms with E-state index in [9.17, 15) is 4.79 Å². The molecule has 0 bridgehead atoms. The molecule has 18 heavy (non-hydrogen) atoms. The largest absolute Gasteiger partial charge is 0.374 e. The summed E-state index contributed by atoms with van der Waals surface area (Å²) < 4.78 is 5.71. The van der Waals surface area contributed by atoms with Crippen molar-refractivity contribution in [1.82, 2.24) is 10.6 Å². The van der Waals surface area contributed by atoms with Crippen LogP contribution in [-0.2, 0) is 9.53 Å². The molecule has 4 heteroatoms. The smallest absolute Gasteiger partial charge is 0.226 e. The van der Waals surface area contributed by atoms with Gasteiger partial charge in [-0.1, -0.05) is 6.92 Å². The molecule has 0 spiro atoms. The van der Waals surface area contributed by atoms with E-state index in [2.05, 4.69) is 24.5 Å². The second-order valence-electron chi connectivity index (χ2n) is 5.80. The molecular weight excluding hydrogens is 228 g/mol. The van der Waals surface area contributed by atoms with Gasteiger partial charge in [0.25, 0.3) is 0 Å². The van der Waals surface area contributed by atoms with Gasteiger partial charge in [0.1, 0.15) is 0 Å². The van der Waals surface area contributed by atoms with Crippen LogP contribution in [0.2, 0.25) is 0 Å². The van der Waals surface area contributed by atoms with E-state index in [0.717, 1.165) is 19.5 Å². The van der Waals surface area contributed by atoms with Crippen molar-refractivity contribution in [3.63, 3.8) is 0 Å². The van der Waals surface area contributed by atoms with E-state index in [1.54, 1.807) is 0 Å². The maximum atomic E-state index is 12.2. The fourth-order valence-corrected chi connectivity index (χ4v) is 3.21. The van der Waals surface area contributed by atoms with Gasteiger partial charge in [0.2, 0.25) is 5.91 Å². The van der Waals surface area contributed by atoms with E-state index in [1.165, 1.54) is 12.8 Å². The lowest BCUT2D eigenvalue weighted by molar-refractivity contribution is -0.127. The Labute approximate surface area is 110 Å². The lowest BCUT2D eigenvalue weighted by Crippen LogP contribution is -2.39. The second-order valence-corrected chi connectivity index (χ2v) is 5.80. The summed E-state index contributed by atoms with van der Waals surface area (Å²) in [6.45, 7) is 8.07. The molecule has 0 saturated carbocycles. The third-order valence-corrected chi connectivity index (χ3v) is 4.50. The molecule has 0 aromatic rings. The normalized spacial score (nSPS) is 40.1. The standard InChI is InChI=1S/C14H26N2O2/c1-9-10(2)18-11(3)13(9)14(17)16-8-6-12-5-4-7-15-12/h9-13,15H,4-8H2,1-3H3,(H,16,17)/t9?,10?,11?,12-,13?/m1/s1. The first kappa shape index (κ1) is 13.8. The van der Waals surface area contributed by atoms with Crippen LogP contribution in [0.5, 0.6) is 0 Å². The van der Waals surface area contributed by atoms with Crippen molar-refractivity contribution in [2.24, 2.45) is 11.8 Å². The van der Waals surface area contributed by atoms with Crippen LogP contribution in [-0.4, -0.2) is 37.2 Å². The van der Waals surface area contributed by atoms with Crippen LogP contribution >= 0.6 is 0 Å².